The summed E-state index contributed by atoms with van der Waals surface area (Å²) in [4.78, 5) is 8.18. The molecule has 0 atom stereocenters. The van der Waals surface area contributed by atoms with Gasteiger partial charge in [-0.25, -0.2) is 26.3 Å². The Hall–Kier alpha value is -2.42. The van der Waals surface area contributed by atoms with Crippen molar-refractivity contribution >= 4 is 64.8 Å². The second-order valence-electron chi connectivity index (χ2n) is 7.31. The topological polar surface area (TPSA) is 170 Å². The van der Waals surface area contributed by atoms with E-state index in [-0.39, 0.29) is 36.0 Å². The Labute approximate surface area is 219 Å². The first-order chi connectivity index (χ1) is 17.1. The first-order valence-electron chi connectivity index (χ1n) is 10.6. The summed E-state index contributed by atoms with van der Waals surface area (Å²) in [5.41, 5.74) is 10.6. The van der Waals surface area contributed by atoms with Crippen LogP contribution in [0.5, 0.6) is 0 Å². The average molecular weight is 572 g/mol. The van der Waals surface area contributed by atoms with Crippen LogP contribution in [-0.4, -0.2) is 53.0 Å². The van der Waals surface area contributed by atoms with Crippen LogP contribution in [0.15, 0.2) is 71.0 Å². The fraction of sp³-hybridized carbons (Fsp3) is 0.182. The summed E-state index contributed by atoms with van der Waals surface area (Å²) in [5, 5.41) is 3.28. The number of nitrogens with zero attached hydrogens (tertiary/aromatic N) is 2. The van der Waals surface area contributed by atoms with Crippen molar-refractivity contribution < 1.29 is 16.8 Å². The molecule has 0 aliphatic rings. The highest BCUT2D eigenvalue weighted by molar-refractivity contribution is 7.90. The number of benzene rings is 2. The van der Waals surface area contributed by atoms with Gasteiger partial charge in [0.2, 0.25) is 20.0 Å². The van der Waals surface area contributed by atoms with Gasteiger partial charge < -0.3 is 11.5 Å². The minimum Gasteiger partial charge on any atom is -0.329 e. The van der Waals surface area contributed by atoms with Crippen molar-refractivity contribution in [1.82, 2.24) is 19.4 Å². The normalized spacial score (nSPS) is 11.9. The summed E-state index contributed by atoms with van der Waals surface area (Å²) in [5.74, 6) is 0. The Balaban J connectivity index is 0.000000201. The monoisotopic (exact) mass is 570 g/mol. The van der Waals surface area contributed by atoms with E-state index in [1.807, 2.05) is 0 Å². The van der Waals surface area contributed by atoms with Crippen molar-refractivity contribution in [1.29, 1.82) is 0 Å². The van der Waals surface area contributed by atoms with E-state index in [1.165, 1.54) is 24.5 Å². The van der Waals surface area contributed by atoms with Gasteiger partial charge in [0.25, 0.3) is 0 Å². The van der Waals surface area contributed by atoms with Gasteiger partial charge in [-0.05, 0) is 36.4 Å². The first kappa shape index (κ1) is 28.2. The molecule has 2 heterocycles. The molecule has 36 heavy (non-hydrogen) atoms. The van der Waals surface area contributed by atoms with Crippen LogP contribution < -0.4 is 20.9 Å². The second kappa shape index (κ2) is 12.2. The van der Waals surface area contributed by atoms with Crippen molar-refractivity contribution in [3.8, 4) is 0 Å². The Bertz CT molecular complexity index is 1470. The van der Waals surface area contributed by atoms with Gasteiger partial charge in [-0.2, -0.15) is 0 Å². The van der Waals surface area contributed by atoms with Crippen LogP contribution in [0.1, 0.15) is 0 Å². The van der Waals surface area contributed by atoms with Crippen LogP contribution >= 0.6 is 23.2 Å². The summed E-state index contributed by atoms with van der Waals surface area (Å²) in [7, 11) is -7.19. The Morgan fingerprint density at radius 1 is 0.639 bits per heavy atom. The van der Waals surface area contributed by atoms with Gasteiger partial charge in [0.15, 0.2) is 0 Å². The summed E-state index contributed by atoms with van der Waals surface area (Å²) in [6.45, 7) is 0.853. The van der Waals surface area contributed by atoms with E-state index in [9.17, 15) is 16.8 Å². The largest absolute Gasteiger partial charge is 0.329 e. The lowest BCUT2D eigenvalue weighted by Gasteiger charge is -2.09. The zero-order chi connectivity index (χ0) is 26.3. The molecule has 0 bridgehead atoms. The number of sulfonamides is 2. The Morgan fingerprint density at radius 3 is 1.39 bits per heavy atom. The van der Waals surface area contributed by atoms with Gasteiger partial charge in [0.05, 0.1) is 9.79 Å². The molecule has 2 aromatic heterocycles. The third kappa shape index (κ3) is 6.47. The number of hydrogen-bond donors (Lipinski definition) is 4. The zero-order valence-electron chi connectivity index (χ0n) is 18.9. The van der Waals surface area contributed by atoms with E-state index in [0.717, 1.165) is 0 Å². The summed E-state index contributed by atoms with van der Waals surface area (Å²) >= 11 is 12.0. The molecule has 0 aliphatic heterocycles. The summed E-state index contributed by atoms with van der Waals surface area (Å²) in [6, 6.07) is 9.40. The molecule has 0 radical (unpaired) electrons. The molecule has 4 aromatic rings. The smallest absolute Gasteiger partial charge is 0.241 e. The fourth-order valence-electron chi connectivity index (χ4n) is 3.27. The predicted octanol–water partition coefficient (Wildman–Crippen LogP) is 2.25. The van der Waals surface area contributed by atoms with E-state index < -0.39 is 20.0 Å². The van der Waals surface area contributed by atoms with Crippen LogP contribution in [0, 0.1) is 0 Å². The first-order valence-corrected chi connectivity index (χ1v) is 14.3. The number of hydrogen-bond acceptors (Lipinski definition) is 8. The van der Waals surface area contributed by atoms with Gasteiger partial charge in [-0.15, -0.1) is 0 Å². The number of fused-ring (bicyclic) bond motifs is 2. The maximum absolute atomic E-state index is 12.1. The molecular formula is C22H24Cl2N6O4S2. The Kier molecular flexibility index (Phi) is 9.55. The number of pyridine rings is 2. The summed E-state index contributed by atoms with van der Waals surface area (Å²) in [6.07, 6.45) is 6.10. The predicted molar refractivity (Wildman–Crippen MR) is 142 cm³/mol. The second-order valence-corrected chi connectivity index (χ2v) is 11.6. The highest BCUT2D eigenvalue weighted by Crippen LogP contribution is 2.29. The lowest BCUT2D eigenvalue weighted by Crippen LogP contribution is -2.29. The van der Waals surface area contributed by atoms with Crippen LogP contribution in [0.25, 0.3) is 21.5 Å². The van der Waals surface area contributed by atoms with Crippen LogP contribution in [0.2, 0.25) is 10.0 Å². The van der Waals surface area contributed by atoms with Crippen molar-refractivity contribution in [3.05, 3.63) is 71.2 Å². The van der Waals surface area contributed by atoms with Crippen LogP contribution in [-0.2, 0) is 20.0 Å². The van der Waals surface area contributed by atoms with E-state index in [1.54, 1.807) is 36.7 Å². The number of aromatic nitrogens is 2. The van der Waals surface area contributed by atoms with Gasteiger partial charge in [-0.3, -0.25) is 9.97 Å². The highest BCUT2D eigenvalue weighted by Gasteiger charge is 2.18. The molecule has 0 aliphatic carbocycles. The van der Waals surface area contributed by atoms with Gasteiger partial charge in [-0.1, -0.05) is 23.2 Å². The fourth-order valence-corrected chi connectivity index (χ4v) is 6.20. The zero-order valence-corrected chi connectivity index (χ0v) is 22.0. The SMILES string of the molecule is NCCNS(=O)(=O)c1ccc(Cl)c2ccncc12.NCCNS(=O)(=O)c1ccc(Cl)c2ccncc12. The lowest BCUT2D eigenvalue weighted by atomic mass is 10.2. The van der Waals surface area contributed by atoms with Crippen molar-refractivity contribution in [3.63, 3.8) is 0 Å². The minimum absolute atomic E-state index is 0.156. The standard InChI is InChI=1S/2C11H12ClN3O2S/c2*12-10-1-2-11(18(16,17)15-6-4-13)9-7-14-5-3-8(9)10/h2*1-3,5,7,15H,4,6,13H2. The number of nitrogens with one attached hydrogen (secondary N) is 2. The number of halogens is 2. The average Bonchev–Trinajstić information content (AvgIpc) is 2.87. The molecule has 192 valence electrons. The van der Waals surface area contributed by atoms with Crippen molar-refractivity contribution in [2.75, 3.05) is 26.2 Å². The van der Waals surface area contributed by atoms with E-state index in [0.29, 0.717) is 31.6 Å². The molecule has 0 fully saturated rings. The highest BCUT2D eigenvalue weighted by atomic mass is 35.5. The molecule has 10 nitrogen and oxygen atoms in total. The molecule has 0 saturated heterocycles. The number of nitrogens with two attached hydrogens (primary N) is 2. The van der Waals surface area contributed by atoms with Crippen molar-refractivity contribution in [2.24, 2.45) is 11.5 Å². The molecule has 0 amide bonds. The van der Waals surface area contributed by atoms with E-state index >= 15 is 0 Å². The van der Waals surface area contributed by atoms with Gasteiger partial charge in [0, 0.05) is 82.6 Å². The molecule has 0 unspecified atom stereocenters. The molecule has 6 N–H and O–H groups in total. The maximum atomic E-state index is 12.1. The van der Waals surface area contributed by atoms with E-state index in [4.69, 9.17) is 34.7 Å². The molecule has 0 spiro atoms. The summed E-state index contributed by atoms with van der Waals surface area (Å²) < 4.78 is 53.1. The molecule has 14 heteroatoms. The molecule has 4 rings (SSSR count). The third-order valence-corrected chi connectivity index (χ3v) is 8.60. The van der Waals surface area contributed by atoms with Crippen LogP contribution in [0.3, 0.4) is 0 Å². The lowest BCUT2D eigenvalue weighted by molar-refractivity contribution is 0.581. The molecule has 2 aromatic carbocycles. The van der Waals surface area contributed by atoms with Crippen LogP contribution in [0.4, 0.5) is 0 Å². The van der Waals surface area contributed by atoms with Gasteiger partial charge >= 0.3 is 0 Å². The molecular weight excluding hydrogens is 547 g/mol. The Morgan fingerprint density at radius 2 is 1.03 bits per heavy atom. The van der Waals surface area contributed by atoms with E-state index in [2.05, 4.69) is 19.4 Å². The minimum atomic E-state index is -3.59. The maximum Gasteiger partial charge on any atom is 0.241 e. The third-order valence-electron chi connectivity index (χ3n) is 4.90. The quantitative estimate of drug-likeness (QED) is 0.250. The van der Waals surface area contributed by atoms with Gasteiger partial charge in [0.1, 0.15) is 0 Å². The number of rotatable bonds is 8. The van der Waals surface area contributed by atoms with Crippen molar-refractivity contribution in [2.45, 2.75) is 9.79 Å². The molecule has 0 saturated carbocycles.